The first-order chi connectivity index (χ1) is 10.2. The fraction of sp³-hybridized carbons (Fsp3) is 0.312. The van der Waals surface area contributed by atoms with Crippen LogP contribution < -0.4 is 15.8 Å². The van der Waals surface area contributed by atoms with Gasteiger partial charge in [-0.15, -0.1) is 11.3 Å². The largest absolute Gasteiger partial charge is 0.482 e. The fourth-order valence-corrected chi connectivity index (χ4v) is 4.25. The minimum atomic E-state index is -0.148. The first kappa shape index (κ1) is 12.9. The molecule has 4 nitrogen and oxygen atoms in total. The lowest BCUT2D eigenvalue weighted by Crippen LogP contribution is -2.25. The number of nitrogens with two attached hydrogens (primary N) is 1. The number of hydrogen-bond acceptors (Lipinski definition) is 4. The zero-order chi connectivity index (χ0) is 14.4. The van der Waals surface area contributed by atoms with Crippen LogP contribution >= 0.6 is 11.3 Å². The second-order valence-electron chi connectivity index (χ2n) is 5.52. The molecule has 1 atom stereocenters. The van der Waals surface area contributed by atoms with E-state index in [0.717, 1.165) is 5.56 Å². The number of thiophene rings is 1. The van der Waals surface area contributed by atoms with Gasteiger partial charge in [0.2, 0.25) is 0 Å². The molecule has 2 heterocycles. The molecule has 1 amide bonds. The van der Waals surface area contributed by atoms with Crippen LogP contribution in [0.4, 0.5) is 5.69 Å². The topological polar surface area (TPSA) is 64.3 Å². The van der Waals surface area contributed by atoms with Crippen molar-refractivity contribution in [2.45, 2.75) is 25.3 Å². The molecular weight excluding hydrogens is 284 g/mol. The molecule has 1 aromatic heterocycles. The zero-order valence-electron chi connectivity index (χ0n) is 11.5. The van der Waals surface area contributed by atoms with Crippen LogP contribution in [-0.2, 0) is 17.6 Å². The molecule has 0 bridgehead atoms. The molecule has 5 heteroatoms. The number of amides is 1. The molecule has 21 heavy (non-hydrogen) atoms. The molecule has 0 fully saturated rings. The summed E-state index contributed by atoms with van der Waals surface area (Å²) in [4.78, 5) is 14.1. The molecule has 1 unspecified atom stereocenters. The maximum absolute atomic E-state index is 11.4. The summed E-state index contributed by atoms with van der Waals surface area (Å²) in [5.41, 5.74) is 9.57. The molecular formula is C16H16N2O2S. The Morgan fingerprint density at radius 2 is 2.19 bits per heavy atom. The van der Waals surface area contributed by atoms with E-state index in [4.69, 9.17) is 10.5 Å². The number of carbonyl (C=O) groups excluding carboxylic acids is 1. The van der Waals surface area contributed by atoms with Crippen LogP contribution in [0.5, 0.6) is 5.75 Å². The van der Waals surface area contributed by atoms with Crippen LogP contribution in [0.2, 0.25) is 0 Å². The van der Waals surface area contributed by atoms with Crippen molar-refractivity contribution < 1.29 is 9.53 Å². The normalized spacial score (nSPS) is 17.7. The van der Waals surface area contributed by atoms with Gasteiger partial charge in [-0.1, -0.05) is 6.07 Å². The molecule has 0 saturated carbocycles. The lowest BCUT2D eigenvalue weighted by molar-refractivity contribution is -0.118. The minimum Gasteiger partial charge on any atom is -0.482 e. The maximum Gasteiger partial charge on any atom is 0.262 e. The van der Waals surface area contributed by atoms with Crippen LogP contribution in [0.15, 0.2) is 24.3 Å². The number of carbonyl (C=O) groups is 1. The van der Waals surface area contributed by atoms with Gasteiger partial charge in [-0.2, -0.15) is 0 Å². The van der Waals surface area contributed by atoms with Gasteiger partial charge < -0.3 is 15.8 Å². The molecule has 1 aliphatic heterocycles. The van der Waals surface area contributed by atoms with Crippen molar-refractivity contribution in [3.8, 4) is 5.75 Å². The Morgan fingerprint density at radius 3 is 3.05 bits per heavy atom. The summed E-state index contributed by atoms with van der Waals surface area (Å²) >= 11 is 1.82. The van der Waals surface area contributed by atoms with Crippen LogP contribution in [0, 0.1) is 0 Å². The molecule has 2 aliphatic rings. The third-order valence-corrected chi connectivity index (χ3v) is 5.39. The second-order valence-corrected chi connectivity index (χ2v) is 6.69. The second kappa shape index (κ2) is 4.86. The Balaban J connectivity index is 1.66. The summed E-state index contributed by atoms with van der Waals surface area (Å²) in [6.07, 6.45) is 3.62. The lowest BCUT2D eigenvalue weighted by atomic mass is 10.0. The van der Waals surface area contributed by atoms with Crippen molar-refractivity contribution in [1.29, 1.82) is 0 Å². The third kappa shape index (κ3) is 2.22. The van der Waals surface area contributed by atoms with E-state index < -0.39 is 0 Å². The van der Waals surface area contributed by atoms with Crippen molar-refractivity contribution in [2.75, 3.05) is 11.9 Å². The van der Waals surface area contributed by atoms with Crippen LogP contribution in [0.25, 0.3) is 0 Å². The molecule has 1 aliphatic carbocycles. The summed E-state index contributed by atoms with van der Waals surface area (Å²) in [5, 5.41) is 2.83. The van der Waals surface area contributed by atoms with Crippen molar-refractivity contribution in [1.82, 2.24) is 0 Å². The summed E-state index contributed by atoms with van der Waals surface area (Å²) in [6, 6.07) is 7.87. The standard InChI is InChI=1S/C16H16N2O2S/c17-16(14-7-9-2-1-3-13(9)21-14)10-4-5-12-11(6-10)18-15(19)8-20-12/h4-7,16H,1-3,8,17H2,(H,18,19). The number of hydrogen-bond donors (Lipinski definition) is 2. The summed E-state index contributed by atoms with van der Waals surface area (Å²) < 4.78 is 5.38. The summed E-state index contributed by atoms with van der Waals surface area (Å²) in [5.74, 6) is 0.586. The highest BCUT2D eigenvalue weighted by Gasteiger charge is 2.21. The van der Waals surface area contributed by atoms with E-state index in [1.54, 1.807) is 0 Å². The quantitative estimate of drug-likeness (QED) is 0.896. The van der Waals surface area contributed by atoms with Gasteiger partial charge in [-0.3, -0.25) is 4.79 Å². The van der Waals surface area contributed by atoms with E-state index in [-0.39, 0.29) is 18.6 Å². The molecule has 0 saturated heterocycles. The third-order valence-electron chi connectivity index (χ3n) is 4.07. The predicted octanol–water partition coefficient (Wildman–Crippen LogP) is 2.62. The van der Waals surface area contributed by atoms with Gasteiger partial charge in [0, 0.05) is 9.75 Å². The molecule has 4 rings (SSSR count). The zero-order valence-corrected chi connectivity index (χ0v) is 12.3. The van der Waals surface area contributed by atoms with E-state index in [2.05, 4.69) is 11.4 Å². The number of ether oxygens (including phenoxy) is 1. The van der Waals surface area contributed by atoms with E-state index in [0.29, 0.717) is 11.4 Å². The average molecular weight is 300 g/mol. The van der Waals surface area contributed by atoms with Gasteiger partial charge in [-0.05, 0) is 48.6 Å². The maximum atomic E-state index is 11.4. The minimum absolute atomic E-state index is 0.0794. The van der Waals surface area contributed by atoms with Gasteiger partial charge in [0.15, 0.2) is 6.61 Å². The highest BCUT2D eigenvalue weighted by Crippen LogP contribution is 2.37. The Labute approximate surface area is 126 Å². The molecule has 108 valence electrons. The van der Waals surface area contributed by atoms with Crippen molar-refractivity contribution in [3.05, 3.63) is 45.1 Å². The Morgan fingerprint density at radius 1 is 1.29 bits per heavy atom. The predicted molar refractivity (Wildman–Crippen MR) is 82.9 cm³/mol. The smallest absolute Gasteiger partial charge is 0.262 e. The highest BCUT2D eigenvalue weighted by molar-refractivity contribution is 7.12. The van der Waals surface area contributed by atoms with Gasteiger partial charge in [-0.25, -0.2) is 0 Å². The van der Waals surface area contributed by atoms with E-state index in [1.807, 2.05) is 29.5 Å². The van der Waals surface area contributed by atoms with Gasteiger partial charge in [0.1, 0.15) is 5.75 Å². The van der Waals surface area contributed by atoms with Crippen LogP contribution in [0.3, 0.4) is 0 Å². The first-order valence-electron chi connectivity index (χ1n) is 7.14. The number of aryl methyl sites for hydroxylation is 2. The Hall–Kier alpha value is -1.85. The van der Waals surface area contributed by atoms with Crippen molar-refractivity contribution in [3.63, 3.8) is 0 Å². The van der Waals surface area contributed by atoms with Crippen molar-refractivity contribution in [2.24, 2.45) is 5.73 Å². The highest BCUT2D eigenvalue weighted by atomic mass is 32.1. The molecule has 0 spiro atoms. The first-order valence-corrected chi connectivity index (χ1v) is 7.96. The van der Waals surface area contributed by atoms with Gasteiger partial charge in [0.25, 0.3) is 5.91 Å². The van der Waals surface area contributed by atoms with E-state index in [1.165, 1.54) is 34.6 Å². The average Bonchev–Trinajstić information content (AvgIpc) is 3.06. The Bertz CT molecular complexity index is 702. The molecule has 3 N–H and O–H groups in total. The number of fused-ring (bicyclic) bond motifs is 2. The SMILES string of the molecule is NC(c1ccc2c(c1)NC(=O)CO2)c1cc2c(s1)CCC2. The lowest BCUT2D eigenvalue weighted by Gasteiger charge is -2.20. The van der Waals surface area contributed by atoms with Crippen LogP contribution in [-0.4, -0.2) is 12.5 Å². The number of rotatable bonds is 2. The number of anilines is 1. The number of benzene rings is 1. The molecule has 1 aromatic carbocycles. The Kier molecular flexibility index (Phi) is 2.97. The van der Waals surface area contributed by atoms with E-state index >= 15 is 0 Å². The fourth-order valence-electron chi connectivity index (χ4n) is 2.96. The summed E-state index contributed by atoms with van der Waals surface area (Å²) in [6.45, 7) is 0.0794. The van der Waals surface area contributed by atoms with Gasteiger partial charge >= 0.3 is 0 Å². The van der Waals surface area contributed by atoms with E-state index in [9.17, 15) is 4.79 Å². The summed E-state index contributed by atoms with van der Waals surface area (Å²) in [7, 11) is 0. The molecule has 2 aromatic rings. The number of nitrogens with one attached hydrogen (secondary N) is 1. The monoisotopic (exact) mass is 300 g/mol. The van der Waals surface area contributed by atoms with Crippen LogP contribution in [0.1, 0.15) is 33.3 Å². The van der Waals surface area contributed by atoms with Gasteiger partial charge in [0.05, 0.1) is 11.7 Å². The van der Waals surface area contributed by atoms with Crippen molar-refractivity contribution >= 4 is 22.9 Å². The molecule has 0 radical (unpaired) electrons.